The quantitative estimate of drug-likeness (QED) is 0.126. The SMILES string of the molecule is O=C(CCC(=O)O[C@H](C(=O)c1ccccc1)c1ccc([N+](=O)[O-])cc1)Nc1nc(-c2ccccc2)cs1. The summed E-state index contributed by atoms with van der Waals surface area (Å²) in [6, 6.07) is 23.0. The maximum atomic E-state index is 13.1. The summed E-state index contributed by atoms with van der Waals surface area (Å²) in [7, 11) is 0. The number of nitro groups is 1. The first kappa shape index (κ1) is 25.4. The Balaban J connectivity index is 1.39. The van der Waals surface area contributed by atoms with Crippen LogP contribution in [0.5, 0.6) is 0 Å². The van der Waals surface area contributed by atoms with Crippen LogP contribution in [0.1, 0.15) is 34.9 Å². The van der Waals surface area contributed by atoms with Gasteiger partial charge in [-0.25, -0.2) is 4.98 Å². The van der Waals surface area contributed by atoms with Gasteiger partial charge in [0, 0.05) is 40.6 Å². The first-order valence-electron chi connectivity index (χ1n) is 11.2. The number of thiazole rings is 1. The zero-order valence-corrected chi connectivity index (χ0v) is 20.2. The highest BCUT2D eigenvalue weighted by Crippen LogP contribution is 2.27. The highest BCUT2D eigenvalue weighted by atomic mass is 32.1. The molecule has 1 heterocycles. The van der Waals surface area contributed by atoms with Gasteiger partial charge >= 0.3 is 5.97 Å². The van der Waals surface area contributed by atoms with E-state index in [9.17, 15) is 24.5 Å². The maximum absolute atomic E-state index is 13.1. The molecule has 4 aromatic rings. The second-order valence-electron chi connectivity index (χ2n) is 7.90. The number of anilines is 1. The van der Waals surface area contributed by atoms with Crippen molar-refractivity contribution >= 4 is 39.8 Å². The lowest BCUT2D eigenvalue weighted by Crippen LogP contribution is -2.21. The number of ketones is 1. The Morgan fingerprint density at radius 2 is 1.57 bits per heavy atom. The Labute approximate surface area is 215 Å². The standard InChI is InChI=1S/C27H21N3O6S/c31-23(29-27-28-22(17-37-27)18-7-3-1-4-8-18)15-16-24(32)36-26(25(33)19-9-5-2-6-10-19)20-11-13-21(14-12-20)30(34)35/h1-14,17,26H,15-16H2,(H,28,29,31)/t26-/m0/s1. The van der Waals surface area contributed by atoms with E-state index in [1.807, 2.05) is 35.7 Å². The zero-order chi connectivity index (χ0) is 26.2. The number of Topliss-reactive ketones (excluding diaryl/α,β-unsaturated/α-hetero) is 1. The van der Waals surface area contributed by atoms with Gasteiger partial charge in [-0.05, 0) is 12.1 Å². The third-order valence-corrected chi connectivity index (χ3v) is 6.09. The van der Waals surface area contributed by atoms with Crippen molar-refractivity contribution in [3.05, 3.63) is 112 Å². The summed E-state index contributed by atoms with van der Waals surface area (Å²) in [6.45, 7) is 0. The molecule has 0 radical (unpaired) electrons. The molecule has 9 nitrogen and oxygen atoms in total. The molecule has 0 saturated carbocycles. The minimum Gasteiger partial charge on any atom is -0.449 e. The lowest BCUT2D eigenvalue weighted by Gasteiger charge is -2.17. The second-order valence-corrected chi connectivity index (χ2v) is 8.76. The number of ether oxygens (including phenoxy) is 1. The second kappa shape index (κ2) is 11.8. The van der Waals surface area contributed by atoms with Crippen LogP contribution in [0, 0.1) is 10.1 Å². The highest BCUT2D eigenvalue weighted by molar-refractivity contribution is 7.14. The van der Waals surface area contributed by atoms with Crippen LogP contribution in [0.4, 0.5) is 10.8 Å². The van der Waals surface area contributed by atoms with Crippen molar-refractivity contribution in [3.63, 3.8) is 0 Å². The normalized spacial score (nSPS) is 11.4. The van der Waals surface area contributed by atoms with Crippen LogP contribution in [0.3, 0.4) is 0 Å². The van der Waals surface area contributed by atoms with E-state index in [0.29, 0.717) is 10.7 Å². The predicted octanol–water partition coefficient (Wildman–Crippen LogP) is 5.60. The number of amides is 1. The van der Waals surface area contributed by atoms with Gasteiger partial charge in [0.05, 0.1) is 17.0 Å². The summed E-state index contributed by atoms with van der Waals surface area (Å²) < 4.78 is 5.46. The number of rotatable bonds is 10. The molecule has 1 N–H and O–H groups in total. The van der Waals surface area contributed by atoms with E-state index in [1.165, 1.54) is 35.6 Å². The number of esters is 1. The third-order valence-electron chi connectivity index (χ3n) is 5.33. The van der Waals surface area contributed by atoms with Crippen LogP contribution < -0.4 is 5.32 Å². The molecule has 10 heteroatoms. The average molecular weight is 516 g/mol. The van der Waals surface area contributed by atoms with Gasteiger partial charge in [-0.1, -0.05) is 60.7 Å². The number of carbonyl (C=O) groups is 3. The largest absolute Gasteiger partial charge is 0.449 e. The van der Waals surface area contributed by atoms with Crippen LogP contribution in [0.25, 0.3) is 11.3 Å². The molecule has 4 rings (SSSR count). The number of nitrogens with one attached hydrogen (secondary N) is 1. The minimum absolute atomic E-state index is 0.157. The van der Waals surface area contributed by atoms with E-state index in [-0.39, 0.29) is 24.1 Å². The van der Waals surface area contributed by atoms with Crippen molar-refractivity contribution in [3.8, 4) is 11.3 Å². The number of carbonyl (C=O) groups excluding carboxylic acids is 3. The summed E-state index contributed by atoms with van der Waals surface area (Å²) in [5.41, 5.74) is 2.09. The van der Waals surface area contributed by atoms with Gasteiger partial charge in [-0.15, -0.1) is 11.3 Å². The van der Waals surface area contributed by atoms with E-state index < -0.39 is 28.7 Å². The van der Waals surface area contributed by atoms with Crippen molar-refractivity contribution in [2.45, 2.75) is 18.9 Å². The van der Waals surface area contributed by atoms with Crippen molar-refractivity contribution in [1.29, 1.82) is 0 Å². The Morgan fingerprint density at radius 3 is 2.22 bits per heavy atom. The first-order valence-corrected chi connectivity index (χ1v) is 12.1. The molecule has 3 aromatic carbocycles. The van der Waals surface area contributed by atoms with Gasteiger partial charge in [-0.2, -0.15) is 0 Å². The summed E-state index contributed by atoms with van der Waals surface area (Å²) >= 11 is 1.27. The van der Waals surface area contributed by atoms with E-state index in [0.717, 1.165) is 11.3 Å². The van der Waals surface area contributed by atoms with E-state index >= 15 is 0 Å². The molecule has 0 aliphatic carbocycles. The molecule has 0 fully saturated rings. The van der Waals surface area contributed by atoms with Crippen molar-refractivity contribution in [2.24, 2.45) is 0 Å². The number of hydrogen-bond donors (Lipinski definition) is 1. The molecule has 0 aliphatic heterocycles. The number of aromatic nitrogens is 1. The van der Waals surface area contributed by atoms with Crippen molar-refractivity contribution in [1.82, 2.24) is 4.98 Å². The Morgan fingerprint density at radius 1 is 0.919 bits per heavy atom. The van der Waals surface area contributed by atoms with Crippen molar-refractivity contribution < 1.29 is 24.0 Å². The number of nitro benzene ring substituents is 1. The summed E-state index contributed by atoms with van der Waals surface area (Å²) in [6.07, 6.45) is -1.76. The third kappa shape index (κ3) is 6.71. The number of nitrogens with zero attached hydrogens (tertiary/aromatic N) is 2. The van der Waals surface area contributed by atoms with Gasteiger partial charge in [0.25, 0.3) is 5.69 Å². The van der Waals surface area contributed by atoms with E-state index in [2.05, 4.69) is 10.3 Å². The number of benzene rings is 3. The van der Waals surface area contributed by atoms with Crippen LogP contribution in [-0.4, -0.2) is 27.6 Å². The lowest BCUT2D eigenvalue weighted by atomic mass is 9.99. The molecule has 1 aromatic heterocycles. The number of non-ortho nitro benzene ring substituents is 1. The fraction of sp³-hybridized carbons (Fsp3) is 0.111. The minimum atomic E-state index is -1.31. The topological polar surface area (TPSA) is 128 Å². The molecule has 1 amide bonds. The molecule has 37 heavy (non-hydrogen) atoms. The maximum Gasteiger partial charge on any atom is 0.307 e. The van der Waals surface area contributed by atoms with Gasteiger partial charge in [0.2, 0.25) is 11.7 Å². The van der Waals surface area contributed by atoms with Crippen LogP contribution in [0.2, 0.25) is 0 Å². The summed E-state index contributed by atoms with van der Waals surface area (Å²) in [5.74, 6) is -1.66. The Bertz CT molecular complexity index is 1410. The van der Waals surface area contributed by atoms with Gasteiger partial charge < -0.3 is 10.1 Å². The molecule has 0 saturated heterocycles. The van der Waals surface area contributed by atoms with Gasteiger partial charge in [0.1, 0.15) is 0 Å². The monoisotopic (exact) mass is 515 g/mol. The summed E-state index contributed by atoms with van der Waals surface area (Å²) in [5, 5.41) is 15.9. The average Bonchev–Trinajstić information content (AvgIpc) is 3.39. The Kier molecular flexibility index (Phi) is 8.11. The number of hydrogen-bond acceptors (Lipinski definition) is 8. The molecule has 0 aliphatic rings. The lowest BCUT2D eigenvalue weighted by molar-refractivity contribution is -0.384. The van der Waals surface area contributed by atoms with Gasteiger partial charge in [-0.3, -0.25) is 24.5 Å². The predicted molar refractivity (Wildman–Crippen MR) is 138 cm³/mol. The van der Waals surface area contributed by atoms with Crippen LogP contribution in [-0.2, 0) is 14.3 Å². The van der Waals surface area contributed by atoms with Crippen molar-refractivity contribution in [2.75, 3.05) is 5.32 Å². The summed E-state index contributed by atoms with van der Waals surface area (Å²) in [4.78, 5) is 52.9. The Hall–Kier alpha value is -4.70. The molecule has 1 atom stereocenters. The molecule has 186 valence electrons. The smallest absolute Gasteiger partial charge is 0.307 e. The molecule has 0 bridgehead atoms. The molecular formula is C27H21N3O6S. The highest BCUT2D eigenvalue weighted by Gasteiger charge is 2.27. The van der Waals surface area contributed by atoms with E-state index in [4.69, 9.17) is 4.74 Å². The van der Waals surface area contributed by atoms with Crippen LogP contribution >= 0.6 is 11.3 Å². The van der Waals surface area contributed by atoms with Gasteiger partial charge in [0.15, 0.2) is 11.2 Å². The zero-order valence-electron chi connectivity index (χ0n) is 19.4. The van der Waals surface area contributed by atoms with Crippen LogP contribution in [0.15, 0.2) is 90.3 Å². The molecule has 0 unspecified atom stereocenters. The van der Waals surface area contributed by atoms with E-state index in [1.54, 1.807) is 30.3 Å². The fourth-order valence-corrected chi connectivity index (χ4v) is 4.19. The molecule has 0 spiro atoms. The molecular weight excluding hydrogens is 494 g/mol. The fourth-order valence-electron chi connectivity index (χ4n) is 3.46. The first-order chi connectivity index (χ1) is 17.9.